The highest BCUT2D eigenvalue weighted by Gasteiger charge is 2.12. The van der Waals surface area contributed by atoms with Crippen molar-refractivity contribution in [2.24, 2.45) is 0 Å². The molecule has 1 heterocycles. The topological polar surface area (TPSA) is 54.5 Å². The number of carbonyl (C=O) groups excluding carboxylic acids is 1. The number of nitrogens with one attached hydrogen (secondary N) is 1. The molecule has 2 aromatic rings. The second-order valence-corrected chi connectivity index (χ2v) is 5.94. The van der Waals surface area contributed by atoms with E-state index < -0.39 is 0 Å². The Kier molecular flexibility index (Phi) is 5.17. The molecule has 0 atom stereocenters. The van der Waals surface area contributed by atoms with Crippen LogP contribution in [0.2, 0.25) is 5.02 Å². The predicted molar refractivity (Wildman–Crippen MR) is 85.5 cm³/mol. The van der Waals surface area contributed by atoms with Crippen molar-refractivity contribution < 1.29 is 9.53 Å². The van der Waals surface area contributed by atoms with Crippen LogP contribution in [0.1, 0.15) is 15.2 Å². The molecule has 0 radical (unpaired) electrons. The summed E-state index contributed by atoms with van der Waals surface area (Å²) in [6.45, 7) is 0.749. The third-order valence-corrected chi connectivity index (χ3v) is 3.84. The van der Waals surface area contributed by atoms with Crippen molar-refractivity contribution in [1.29, 1.82) is 0 Å². The van der Waals surface area contributed by atoms with Crippen molar-refractivity contribution in [2.75, 3.05) is 26.5 Å². The Hall–Kier alpha value is -1.63. The molecule has 5 nitrogen and oxygen atoms in total. The zero-order valence-electron chi connectivity index (χ0n) is 12.0. The number of halogens is 1. The van der Waals surface area contributed by atoms with Crippen LogP contribution in [-0.4, -0.2) is 36.4 Å². The van der Waals surface area contributed by atoms with Crippen LogP contribution in [0, 0.1) is 0 Å². The molecule has 0 aliphatic carbocycles. The average molecular weight is 326 g/mol. The van der Waals surface area contributed by atoms with Gasteiger partial charge in [0.25, 0.3) is 5.91 Å². The molecule has 1 N–H and O–H groups in total. The number of hydrogen-bond acceptors (Lipinski definition) is 5. The molecule has 1 aromatic carbocycles. The largest absolute Gasteiger partial charge is 0.480 e. The van der Waals surface area contributed by atoms with Crippen molar-refractivity contribution in [3.8, 4) is 5.88 Å². The standard InChI is InChI=1S/C14H16ClN3O2S/c1-18(2)8-9-4-5-10(6-11(9)15)16-14(19)12-7-13(20-3)17-21-12/h4-7H,8H2,1-3H3,(H,16,19). The van der Waals surface area contributed by atoms with Crippen LogP contribution in [0.15, 0.2) is 24.3 Å². The molecule has 0 spiro atoms. The number of hydrogen-bond donors (Lipinski definition) is 1. The Morgan fingerprint density at radius 2 is 2.19 bits per heavy atom. The maximum absolute atomic E-state index is 12.1. The number of anilines is 1. The fraction of sp³-hybridized carbons (Fsp3) is 0.286. The van der Waals surface area contributed by atoms with Crippen LogP contribution >= 0.6 is 23.1 Å². The molecule has 1 aromatic heterocycles. The van der Waals surface area contributed by atoms with Gasteiger partial charge in [0.05, 0.1) is 7.11 Å². The molecule has 1 amide bonds. The fourth-order valence-electron chi connectivity index (χ4n) is 1.75. The van der Waals surface area contributed by atoms with Gasteiger partial charge in [-0.2, -0.15) is 4.37 Å². The van der Waals surface area contributed by atoms with Crippen LogP contribution in [-0.2, 0) is 6.54 Å². The summed E-state index contributed by atoms with van der Waals surface area (Å²) >= 11 is 7.31. The smallest absolute Gasteiger partial charge is 0.267 e. The molecule has 7 heteroatoms. The molecule has 112 valence electrons. The van der Waals surface area contributed by atoms with Gasteiger partial charge in [0.15, 0.2) is 0 Å². The quantitative estimate of drug-likeness (QED) is 0.917. The van der Waals surface area contributed by atoms with E-state index in [1.807, 2.05) is 31.1 Å². The summed E-state index contributed by atoms with van der Waals surface area (Å²) in [5.41, 5.74) is 1.67. The van der Waals surface area contributed by atoms with Gasteiger partial charge in [0.1, 0.15) is 4.88 Å². The van der Waals surface area contributed by atoms with Crippen LogP contribution in [0.3, 0.4) is 0 Å². The highest BCUT2D eigenvalue weighted by molar-refractivity contribution is 7.08. The molecule has 0 aliphatic rings. The minimum Gasteiger partial charge on any atom is -0.480 e. The van der Waals surface area contributed by atoms with E-state index in [0.717, 1.165) is 23.6 Å². The second kappa shape index (κ2) is 6.89. The van der Waals surface area contributed by atoms with Crippen LogP contribution in [0.5, 0.6) is 5.88 Å². The predicted octanol–water partition coefficient (Wildman–Crippen LogP) is 3.12. The maximum atomic E-state index is 12.1. The van der Waals surface area contributed by atoms with Crippen molar-refractivity contribution in [1.82, 2.24) is 9.27 Å². The SMILES string of the molecule is COc1cc(C(=O)Nc2ccc(CN(C)C)c(Cl)c2)sn1. The van der Waals surface area contributed by atoms with Crippen LogP contribution in [0.25, 0.3) is 0 Å². The zero-order chi connectivity index (χ0) is 15.4. The van der Waals surface area contributed by atoms with E-state index in [0.29, 0.717) is 21.5 Å². The summed E-state index contributed by atoms with van der Waals surface area (Å²) in [4.78, 5) is 14.6. The van der Waals surface area contributed by atoms with E-state index in [4.69, 9.17) is 16.3 Å². The monoisotopic (exact) mass is 325 g/mol. The molecule has 0 saturated carbocycles. The highest BCUT2D eigenvalue weighted by Crippen LogP contribution is 2.23. The number of aromatic nitrogens is 1. The Balaban J connectivity index is 2.09. The number of ether oxygens (including phenoxy) is 1. The van der Waals surface area contributed by atoms with Gasteiger partial charge >= 0.3 is 0 Å². The molecule has 2 rings (SSSR count). The number of methoxy groups -OCH3 is 1. The van der Waals surface area contributed by atoms with Crippen LogP contribution < -0.4 is 10.1 Å². The number of amides is 1. The van der Waals surface area contributed by atoms with E-state index in [-0.39, 0.29) is 5.91 Å². The molecular formula is C14H16ClN3O2S. The number of rotatable bonds is 5. The first-order valence-corrected chi connectivity index (χ1v) is 7.40. The van der Waals surface area contributed by atoms with E-state index in [2.05, 4.69) is 9.69 Å². The Morgan fingerprint density at radius 3 is 2.76 bits per heavy atom. The Labute approximate surface area is 132 Å². The van der Waals surface area contributed by atoms with Gasteiger partial charge in [-0.25, -0.2) is 0 Å². The summed E-state index contributed by atoms with van der Waals surface area (Å²) < 4.78 is 8.95. The third-order valence-electron chi connectivity index (χ3n) is 2.72. The lowest BCUT2D eigenvalue weighted by molar-refractivity contribution is 0.103. The summed E-state index contributed by atoms with van der Waals surface area (Å²) in [5, 5.41) is 3.42. The highest BCUT2D eigenvalue weighted by atomic mass is 35.5. The van der Waals surface area contributed by atoms with Crippen molar-refractivity contribution in [2.45, 2.75) is 6.54 Å². The van der Waals surface area contributed by atoms with Gasteiger partial charge in [-0.1, -0.05) is 17.7 Å². The second-order valence-electron chi connectivity index (χ2n) is 4.73. The van der Waals surface area contributed by atoms with E-state index in [1.165, 1.54) is 7.11 Å². The first-order chi connectivity index (χ1) is 9.99. The molecule has 0 aliphatic heterocycles. The number of benzene rings is 1. The zero-order valence-corrected chi connectivity index (χ0v) is 13.6. The average Bonchev–Trinajstić information content (AvgIpc) is 2.90. The lowest BCUT2D eigenvalue weighted by atomic mass is 10.2. The lowest BCUT2D eigenvalue weighted by Crippen LogP contribution is -2.12. The molecule has 0 unspecified atom stereocenters. The first-order valence-electron chi connectivity index (χ1n) is 6.25. The molecule has 21 heavy (non-hydrogen) atoms. The van der Waals surface area contributed by atoms with Crippen molar-refractivity contribution in [3.05, 3.63) is 39.7 Å². The van der Waals surface area contributed by atoms with Gasteiger partial charge in [-0.05, 0) is 43.3 Å². The molecule has 0 bridgehead atoms. The molecule has 0 saturated heterocycles. The van der Waals surface area contributed by atoms with Gasteiger partial charge in [0, 0.05) is 23.3 Å². The summed E-state index contributed by atoms with van der Waals surface area (Å²) in [5.74, 6) is 0.205. The number of carbonyl (C=O) groups is 1. The summed E-state index contributed by atoms with van der Waals surface area (Å²) in [6, 6.07) is 7.09. The molecule has 0 fully saturated rings. The van der Waals surface area contributed by atoms with Gasteiger partial charge in [-0.15, -0.1) is 0 Å². The van der Waals surface area contributed by atoms with E-state index in [1.54, 1.807) is 12.1 Å². The fourth-order valence-corrected chi connectivity index (χ4v) is 2.59. The minimum atomic E-state index is -0.229. The first kappa shape index (κ1) is 15.8. The van der Waals surface area contributed by atoms with E-state index in [9.17, 15) is 4.79 Å². The van der Waals surface area contributed by atoms with Crippen LogP contribution in [0.4, 0.5) is 5.69 Å². The van der Waals surface area contributed by atoms with Crippen molar-refractivity contribution >= 4 is 34.7 Å². The number of nitrogens with zero attached hydrogens (tertiary/aromatic N) is 2. The summed E-state index contributed by atoms with van der Waals surface area (Å²) in [7, 11) is 5.46. The Bertz CT molecular complexity index is 643. The molecular weight excluding hydrogens is 310 g/mol. The van der Waals surface area contributed by atoms with Gasteiger partial charge in [-0.3, -0.25) is 4.79 Å². The minimum absolute atomic E-state index is 0.229. The maximum Gasteiger partial charge on any atom is 0.267 e. The van der Waals surface area contributed by atoms with E-state index >= 15 is 0 Å². The van der Waals surface area contributed by atoms with Gasteiger partial charge < -0.3 is 15.0 Å². The van der Waals surface area contributed by atoms with Gasteiger partial charge in [0.2, 0.25) is 5.88 Å². The lowest BCUT2D eigenvalue weighted by Gasteiger charge is -2.12. The third kappa shape index (κ3) is 4.17. The Morgan fingerprint density at radius 1 is 1.43 bits per heavy atom. The normalized spacial score (nSPS) is 10.7. The van der Waals surface area contributed by atoms with Crippen molar-refractivity contribution in [3.63, 3.8) is 0 Å². The summed E-state index contributed by atoms with van der Waals surface area (Å²) in [6.07, 6.45) is 0.